The Labute approximate surface area is 313 Å². The maximum Gasteiger partial charge on any atom is 0.339 e. The van der Waals surface area contributed by atoms with Crippen LogP contribution in [0, 0.1) is 0 Å². The van der Waals surface area contributed by atoms with E-state index in [4.69, 9.17) is 9.47 Å². The van der Waals surface area contributed by atoms with E-state index in [1.807, 2.05) is 0 Å². The standard InChI is InChI=1S/C45H78O6/c1-3-5-7-9-11-13-15-17-19-21-23-25-27-29-31-33-38-50-44(48)40-36-35-37-41(42(40)43(46)47)45(49)51-39-34-32-30-28-26-24-22-20-18-16-14-12-10-8-6-4-2/h35-37H,3-34,38-39H2,1-2H3,(H,46,47). The Kier molecular flexibility index (Phi) is 31.7. The molecular formula is C45H78O6. The quantitative estimate of drug-likeness (QED) is 0.0545. The number of carboxylic acid groups (broad SMARTS) is 1. The second-order valence-electron chi connectivity index (χ2n) is 14.9. The van der Waals surface area contributed by atoms with E-state index in [1.54, 1.807) is 0 Å². The molecule has 0 saturated carbocycles. The highest BCUT2D eigenvalue weighted by molar-refractivity contribution is 6.09. The highest BCUT2D eigenvalue weighted by Gasteiger charge is 2.25. The first-order chi connectivity index (χ1) is 25.0. The largest absolute Gasteiger partial charge is 0.478 e. The number of esters is 2. The smallest absolute Gasteiger partial charge is 0.339 e. The van der Waals surface area contributed by atoms with E-state index < -0.39 is 17.9 Å². The van der Waals surface area contributed by atoms with Crippen LogP contribution in [0.1, 0.15) is 250 Å². The lowest BCUT2D eigenvalue weighted by atomic mass is 10.0. The van der Waals surface area contributed by atoms with Crippen molar-refractivity contribution in [3.05, 3.63) is 34.9 Å². The molecule has 51 heavy (non-hydrogen) atoms. The minimum atomic E-state index is -1.33. The SMILES string of the molecule is CCCCCCCCCCCCCCCCCCOC(=O)c1cccc(C(=O)OCCCCCCCCCCCCCCCCCC)c1C(=O)O. The van der Waals surface area contributed by atoms with Crippen molar-refractivity contribution in [2.24, 2.45) is 0 Å². The van der Waals surface area contributed by atoms with Crippen molar-refractivity contribution in [2.75, 3.05) is 13.2 Å². The fourth-order valence-corrected chi connectivity index (χ4v) is 6.91. The molecule has 0 unspecified atom stereocenters. The average molecular weight is 715 g/mol. The van der Waals surface area contributed by atoms with Gasteiger partial charge in [-0.25, -0.2) is 14.4 Å². The second-order valence-corrected chi connectivity index (χ2v) is 14.9. The fourth-order valence-electron chi connectivity index (χ4n) is 6.91. The van der Waals surface area contributed by atoms with E-state index in [2.05, 4.69) is 13.8 Å². The summed E-state index contributed by atoms with van der Waals surface area (Å²) in [6, 6.07) is 4.33. The second kappa shape index (κ2) is 34.7. The Morgan fingerprint density at radius 2 is 0.647 bits per heavy atom. The summed E-state index contributed by atoms with van der Waals surface area (Å²) in [6.07, 6.45) is 40.6. The third kappa shape index (κ3) is 26.1. The maximum absolute atomic E-state index is 12.8. The summed E-state index contributed by atoms with van der Waals surface area (Å²) in [5.74, 6) is -2.75. The molecule has 1 aromatic carbocycles. The zero-order valence-corrected chi connectivity index (χ0v) is 33.3. The first-order valence-corrected chi connectivity index (χ1v) is 21.7. The van der Waals surface area contributed by atoms with Gasteiger partial charge in [-0.15, -0.1) is 0 Å². The van der Waals surface area contributed by atoms with Crippen LogP contribution in [-0.2, 0) is 9.47 Å². The Hall–Kier alpha value is -2.37. The lowest BCUT2D eigenvalue weighted by Gasteiger charge is -2.11. The molecule has 6 nitrogen and oxygen atoms in total. The molecule has 0 aromatic heterocycles. The van der Waals surface area contributed by atoms with Crippen molar-refractivity contribution >= 4 is 17.9 Å². The van der Waals surface area contributed by atoms with Gasteiger partial charge in [0.15, 0.2) is 0 Å². The van der Waals surface area contributed by atoms with Crippen LogP contribution in [0.4, 0.5) is 0 Å². The van der Waals surface area contributed by atoms with Gasteiger partial charge in [-0.05, 0) is 25.0 Å². The molecule has 6 heteroatoms. The van der Waals surface area contributed by atoms with Gasteiger partial charge in [0.2, 0.25) is 0 Å². The van der Waals surface area contributed by atoms with Crippen molar-refractivity contribution in [3.63, 3.8) is 0 Å². The number of benzene rings is 1. The average Bonchev–Trinajstić information content (AvgIpc) is 3.13. The Balaban J connectivity index is 2.14. The lowest BCUT2D eigenvalue weighted by molar-refractivity contribution is 0.0476. The molecule has 0 aliphatic carbocycles. The highest BCUT2D eigenvalue weighted by Crippen LogP contribution is 2.20. The number of hydrogen-bond donors (Lipinski definition) is 1. The third-order valence-corrected chi connectivity index (χ3v) is 10.2. The highest BCUT2D eigenvalue weighted by atomic mass is 16.5. The summed E-state index contributed by atoms with van der Waals surface area (Å²) in [4.78, 5) is 37.7. The number of aromatic carboxylic acids is 1. The Morgan fingerprint density at radius 3 is 0.882 bits per heavy atom. The molecule has 1 aromatic rings. The van der Waals surface area contributed by atoms with Gasteiger partial charge in [-0.2, -0.15) is 0 Å². The molecule has 0 radical (unpaired) electrons. The predicted molar refractivity (Wildman–Crippen MR) is 213 cm³/mol. The van der Waals surface area contributed by atoms with E-state index in [1.165, 1.54) is 185 Å². The van der Waals surface area contributed by atoms with Crippen LogP contribution in [0.5, 0.6) is 0 Å². The van der Waals surface area contributed by atoms with Gasteiger partial charge < -0.3 is 14.6 Å². The molecule has 0 spiro atoms. The number of rotatable bonds is 37. The molecule has 0 amide bonds. The van der Waals surface area contributed by atoms with Gasteiger partial charge in [0, 0.05) is 0 Å². The van der Waals surface area contributed by atoms with Gasteiger partial charge in [-0.1, -0.05) is 213 Å². The van der Waals surface area contributed by atoms with Crippen LogP contribution in [0.25, 0.3) is 0 Å². The van der Waals surface area contributed by atoms with Gasteiger partial charge in [0.1, 0.15) is 0 Å². The van der Waals surface area contributed by atoms with Crippen LogP contribution >= 0.6 is 0 Å². The van der Waals surface area contributed by atoms with Crippen molar-refractivity contribution < 1.29 is 29.0 Å². The maximum atomic E-state index is 12.8. The summed E-state index contributed by atoms with van der Waals surface area (Å²) < 4.78 is 10.8. The number of unbranched alkanes of at least 4 members (excludes halogenated alkanes) is 30. The molecule has 0 saturated heterocycles. The number of ether oxygens (including phenoxy) is 2. The van der Waals surface area contributed by atoms with Crippen LogP contribution in [-0.4, -0.2) is 36.2 Å². The first-order valence-electron chi connectivity index (χ1n) is 21.7. The minimum absolute atomic E-state index is 0.101. The lowest BCUT2D eigenvalue weighted by Crippen LogP contribution is -2.18. The van der Waals surface area contributed by atoms with E-state index >= 15 is 0 Å². The molecule has 0 aliphatic heterocycles. The fraction of sp³-hybridized carbons (Fsp3) is 0.800. The zero-order chi connectivity index (χ0) is 37.0. The van der Waals surface area contributed by atoms with Gasteiger partial charge >= 0.3 is 17.9 Å². The summed E-state index contributed by atoms with van der Waals surface area (Å²) in [5.41, 5.74) is -0.543. The Bertz CT molecular complexity index is 921. The van der Waals surface area contributed by atoms with Crippen molar-refractivity contribution in [2.45, 2.75) is 219 Å². The van der Waals surface area contributed by atoms with Gasteiger partial charge in [0.25, 0.3) is 0 Å². The Morgan fingerprint density at radius 1 is 0.412 bits per heavy atom. The number of carbonyl (C=O) groups is 3. The van der Waals surface area contributed by atoms with Crippen LogP contribution in [0.2, 0.25) is 0 Å². The zero-order valence-electron chi connectivity index (χ0n) is 33.3. The molecule has 0 fully saturated rings. The van der Waals surface area contributed by atoms with Crippen molar-refractivity contribution in [3.8, 4) is 0 Å². The topological polar surface area (TPSA) is 89.9 Å². The van der Waals surface area contributed by atoms with Crippen LogP contribution in [0.15, 0.2) is 18.2 Å². The molecule has 1 rings (SSSR count). The van der Waals surface area contributed by atoms with Crippen molar-refractivity contribution in [1.82, 2.24) is 0 Å². The van der Waals surface area contributed by atoms with Crippen molar-refractivity contribution in [1.29, 1.82) is 0 Å². The molecule has 294 valence electrons. The molecule has 1 N–H and O–H groups in total. The molecule has 0 bridgehead atoms. The first kappa shape index (κ1) is 46.7. The molecule has 0 atom stereocenters. The molecule has 0 heterocycles. The van der Waals surface area contributed by atoms with Gasteiger partial charge in [0.05, 0.1) is 29.9 Å². The number of carboxylic acids is 1. The summed E-state index contributed by atoms with van der Waals surface area (Å²) >= 11 is 0. The normalized spacial score (nSPS) is 11.2. The predicted octanol–water partition coefficient (Wildman–Crippen LogP) is 14.2. The monoisotopic (exact) mass is 715 g/mol. The van der Waals surface area contributed by atoms with E-state index in [9.17, 15) is 19.5 Å². The van der Waals surface area contributed by atoms with E-state index in [0.29, 0.717) is 0 Å². The number of carbonyl (C=O) groups excluding carboxylic acids is 2. The van der Waals surface area contributed by atoms with Crippen LogP contribution in [0.3, 0.4) is 0 Å². The summed E-state index contributed by atoms with van der Waals surface area (Å²) in [7, 11) is 0. The molecular weight excluding hydrogens is 636 g/mol. The van der Waals surface area contributed by atoms with Crippen LogP contribution < -0.4 is 0 Å². The summed E-state index contributed by atoms with van der Waals surface area (Å²) in [5, 5.41) is 9.87. The summed E-state index contributed by atoms with van der Waals surface area (Å²) in [6.45, 7) is 5.01. The minimum Gasteiger partial charge on any atom is -0.478 e. The van der Waals surface area contributed by atoms with E-state index in [-0.39, 0.29) is 29.9 Å². The van der Waals surface area contributed by atoms with E-state index in [0.717, 1.165) is 38.5 Å². The molecule has 0 aliphatic rings. The third-order valence-electron chi connectivity index (χ3n) is 10.2. The number of hydrogen-bond acceptors (Lipinski definition) is 5. The van der Waals surface area contributed by atoms with Gasteiger partial charge in [-0.3, -0.25) is 0 Å².